The molecule has 1 spiro atoms. The molecule has 258 valence electrons. The third kappa shape index (κ3) is 4.51. The van der Waals surface area contributed by atoms with Crippen LogP contribution in [0.4, 0.5) is 11.4 Å². The van der Waals surface area contributed by atoms with E-state index in [1.165, 1.54) is 55.6 Å². The fourth-order valence-corrected chi connectivity index (χ4v) is 9.18. The van der Waals surface area contributed by atoms with Gasteiger partial charge in [-0.25, -0.2) is 0 Å². The van der Waals surface area contributed by atoms with E-state index in [1.807, 2.05) is 0 Å². The molecule has 0 aliphatic heterocycles. The fourth-order valence-electron chi connectivity index (χ4n) is 9.18. The van der Waals surface area contributed by atoms with Gasteiger partial charge in [-0.1, -0.05) is 175 Å². The molecule has 0 fully saturated rings. The molecule has 1 heterocycles. The maximum Gasteiger partial charge on any atom is 0.158 e. The molecule has 53 heavy (non-hydrogen) atoms. The number of fused-ring (bicyclic) bond motifs is 13. The summed E-state index contributed by atoms with van der Waals surface area (Å²) in [5, 5.41) is 6.17. The van der Waals surface area contributed by atoms with Gasteiger partial charge in [0.1, 0.15) is 5.58 Å². The van der Waals surface area contributed by atoms with E-state index in [1.54, 1.807) is 0 Å². The van der Waals surface area contributed by atoms with Crippen LogP contribution in [0.2, 0.25) is 0 Å². The van der Waals surface area contributed by atoms with Crippen molar-refractivity contribution in [3.05, 3.63) is 179 Å². The van der Waals surface area contributed by atoms with Crippen LogP contribution in [0.25, 0.3) is 55.3 Å². The van der Waals surface area contributed by atoms with E-state index in [4.69, 9.17) is 4.42 Å². The summed E-state index contributed by atoms with van der Waals surface area (Å²) >= 11 is 0. The van der Waals surface area contributed by atoms with E-state index >= 15 is 0 Å². The van der Waals surface area contributed by atoms with Gasteiger partial charge in [-0.05, 0) is 78.6 Å². The minimum atomic E-state index is -0.452. The standard InChI is InChI=1S/C51H43NO/c1-49(2,3)32-25-27-35-36-28-26-33(50(4,5)6)30-43(36)51(42(35)29-32)40-21-11-10-17-39(40)46-41(51)22-14-23-44(46)52-45-24-13-20-38-37-19-12-18-34(47(37)53-48(38)45)31-15-8-7-9-16-31/h7-30,52H,1-6H3. The fraction of sp³-hybridized carbons (Fsp3) is 0.176. The smallest absolute Gasteiger partial charge is 0.158 e. The van der Waals surface area contributed by atoms with Gasteiger partial charge in [-0.2, -0.15) is 0 Å². The highest BCUT2D eigenvalue weighted by molar-refractivity contribution is 6.13. The van der Waals surface area contributed by atoms with Gasteiger partial charge in [-0.3, -0.25) is 0 Å². The molecule has 0 saturated carbocycles. The highest BCUT2D eigenvalue weighted by atomic mass is 16.3. The summed E-state index contributed by atoms with van der Waals surface area (Å²) in [7, 11) is 0. The molecule has 2 aliphatic carbocycles. The predicted octanol–water partition coefficient (Wildman–Crippen LogP) is 13.9. The Morgan fingerprint density at radius 1 is 0.434 bits per heavy atom. The van der Waals surface area contributed by atoms with Crippen LogP contribution in [-0.2, 0) is 16.2 Å². The van der Waals surface area contributed by atoms with E-state index in [0.29, 0.717) is 0 Å². The molecule has 2 aliphatic rings. The van der Waals surface area contributed by atoms with Crippen molar-refractivity contribution in [2.24, 2.45) is 0 Å². The first-order valence-electron chi connectivity index (χ1n) is 18.9. The van der Waals surface area contributed by atoms with Gasteiger partial charge < -0.3 is 9.73 Å². The predicted molar refractivity (Wildman–Crippen MR) is 223 cm³/mol. The number of hydrogen-bond donors (Lipinski definition) is 1. The van der Waals surface area contributed by atoms with Crippen LogP contribution in [0, 0.1) is 0 Å². The van der Waals surface area contributed by atoms with E-state index in [-0.39, 0.29) is 10.8 Å². The topological polar surface area (TPSA) is 25.2 Å². The molecule has 2 nitrogen and oxygen atoms in total. The summed E-state index contributed by atoms with van der Waals surface area (Å²) in [6.45, 7) is 13.9. The first kappa shape index (κ1) is 31.8. The number of anilines is 2. The van der Waals surface area contributed by atoms with Crippen LogP contribution in [0.5, 0.6) is 0 Å². The lowest BCUT2D eigenvalue weighted by molar-refractivity contribution is 0.586. The molecular formula is C51H43NO. The van der Waals surface area contributed by atoms with E-state index in [9.17, 15) is 0 Å². The Hall–Kier alpha value is -5.86. The highest BCUT2D eigenvalue weighted by Crippen LogP contribution is 2.64. The quantitative estimate of drug-likeness (QED) is 0.200. The molecule has 0 saturated heterocycles. The summed E-state index contributed by atoms with van der Waals surface area (Å²) < 4.78 is 6.84. The van der Waals surface area contributed by atoms with Crippen LogP contribution >= 0.6 is 0 Å². The van der Waals surface area contributed by atoms with Gasteiger partial charge in [0.25, 0.3) is 0 Å². The molecule has 8 aromatic rings. The first-order valence-corrected chi connectivity index (χ1v) is 18.9. The van der Waals surface area contributed by atoms with E-state index in [0.717, 1.165) is 44.4 Å². The molecule has 0 atom stereocenters. The second kappa shape index (κ2) is 11.1. The van der Waals surface area contributed by atoms with Gasteiger partial charge >= 0.3 is 0 Å². The maximum atomic E-state index is 6.84. The van der Waals surface area contributed by atoms with Crippen molar-refractivity contribution in [1.29, 1.82) is 0 Å². The summed E-state index contributed by atoms with van der Waals surface area (Å²) in [4.78, 5) is 0. The zero-order chi connectivity index (χ0) is 36.3. The zero-order valence-electron chi connectivity index (χ0n) is 31.3. The summed E-state index contributed by atoms with van der Waals surface area (Å²) in [6.07, 6.45) is 0. The first-order chi connectivity index (χ1) is 25.5. The van der Waals surface area contributed by atoms with Gasteiger partial charge in [0.05, 0.1) is 11.1 Å². The Labute approximate surface area is 312 Å². The van der Waals surface area contributed by atoms with Crippen molar-refractivity contribution in [3.8, 4) is 33.4 Å². The molecule has 0 radical (unpaired) electrons. The molecule has 10 rings (SSSR count). The monoisotopic (exact) mass is 685 g/mol. The number of rotatable bonds is 3. The molecule has 0 amide bonds. The number of hydrogen-bond acceptors (Lipinski definition) is 2. The molecule has 7 aromatic carbocycles. The van der Waals surface area contributed by atoms with Crippen molar-refractivity contribution in [2.45, 2.75) is 57.8 Å². The van der Waals surface area contributed by atoms with Crippen LogP contribution in [-0.4, -0.2) is 0 Å². The van der Waals surface area contributed by atoms with Crippen LogP contribution in [0.15, 0.2) is 150 Å². The Bertz CT molecular complexity index is 2700. The number of benzene rings is 7. The average Bonchev–Trinajstić information content (AvgIpc) is 3.79. The Morgan fingerprint density at radius 2 is 0.981 bits per heavy atom. The normalized spacial score (nSPS) is 14.0. The SMILES string of the molecule is CC(C)(C)c1ccc2c(c1)C1(c3cc(C(C)(C)C)ccc3-2)c2ccccc2-c2c(Nc3cccc4c3oc3c(-c5ccccc5)cccc34)cccc21. The van der Waals surface area contributed by atoms with Crippen LogP contribution < -0.4 is 5.32 Å². The van der Waals surface area contributed by atoms with Gasteiger partial charge in [0, 0.05) is 27.6 Å². The third-order valence-corrected chi connectivity index (χ3v) is 11.8. The number of furan rings is 1. The molecule has 0 unspecified atom stereocenters. The Balaban J connectivity index is 1.22. The van der Waals surface area contributed by atoms with Crippen molar-refractivity contribution >= 4 is 33.3 Å². The second-order valence-corrected chi connectivity index (χ2v) is 17.0. The Morgan fingerprint density at radius 3 is 1.66 bits per heavy atom. The minimum absolute atomic E-state index is 0.0115. The van der Waals surface area contributed by atoms with Gasteiger partial charge in [-0.15, -0.1) is 0 Å². The van der Waals surface area contributed by atoms with Gasteiger partial charge in [0.2, 0.25) is 0 Å². The van der Waals surface area contributed by atoms with Crippen molar-refractivity contribution in [2.75, 3.05) is 5.32 Å². The van der Waals surface area contributed by atoms with E-state index in [2.05, 4.69) is 192 Å². The molecular weight excluding hydrogens is 643 g/mol. The van der Waals surface area contributed by atoms with Crippen LogP contribution in [0.3, 0.4) is 0 Å². The lowest BCUT2D eigenvalue weighted by Crippen LogP contribution is -2.27. The van der Waals surface area contributed by atoms with Crippen molar-refractivity contribution < 1.29 is 4.42 Å². The summed E-state index contributed by atoms with van der Waals surface area (Å²) in [5.74, 6) is 0. The summed E-state index contributed by atoms with van der Waals surface area (Å²) in [5.41, 5.74) is 18.9. The third-order valence-electron chi connectivity index (χ3n) is 11.8. The Kier molecular flexibility index (Phi) is 6.65. The number of para-hydroxylation sites is 2. The second-order valence-electron chi connectivity index (χ2n) is 17.0. The lowest BCUT2D eigenvalue weighted by atomic mass is 9.69. The highest BCUT2D eigenvalue weighted by Gasteiger charge is 2.52. The maximum absolute atomic E-state index is 6.84. The average molecular weight is 686 g/mol. The molecule has 0 bridgehead atoms. The van der Waals surface area contributed by atoms with Gasteiger partial charge in [0.15, 0.2) is 5.58 Å². The molecule has 1 N–H and O–H groups in total. The van der Waals surface area contributed by atoms with E-state index < -0.39 is 5.41 Å². The lowest BCUT2D eigenvalue weighted by Gasteiger charge is -2.33. The minimum Gasteiger partial charge on any atom is -0.453 e. The van der Waals surface area contributed by atoms with Crippen LogP contribution in [0.1, 0.15) is 74.9 Å². The summed E-state index contributed by atoms with van der Waals surface area (Å²) in [6, 6.07) is 53.9. The number of nitrogens with one attached hydrogen (secondary N) is 1. The molecule has 1 aromatic heterocycles. The van der Waals surface area contributed by atoms with Crippen molar-refractivity contribution in [1.82, 2.24) is 0 Å². The molecule has 2 heteroatoms. The zero-order valence-corrected chi connectivity index (χ0v) is 31.3. The van der Waals surface area contributed by atoms with Crippen molar-refractivity contribution in [3.63, 3.8) is 0 Å². The largest absolute Gasteiger partial charge is 0.453 e.